The second kappa shape index (κ2) is 5.22. The molecule has 2 amide bonds. The van der Waals surface area contributed by atoms with Crippen LogP contribution in [-0.2, 0) is 4.79 Å². The summed E-state index contributed by atoms with van der Waals surface area (Å²) in [7, 11) is 1.57. The van der Waals surface area contributed by atoms with Gasteiger partial charge in [-0.1, -0.05) is 0 Å². The summed E-state index contributed by atoms with van der Waals surface area (Å²) in [5.74, 6) is 0.560. The van der Waals surface area contributed by atoms with E-state index in [1.807, 2.05) is 0 Å². The molecule has 1 atom stereocenters. The lowest BCUT2D eigenvalue weighted by Gasteiger charge is -2.34. The summed E-state index contributed by atoms with van der Waals surface area (Å²) in [4.78, 5) is 25.6. The maximum atomic E-state index is 12.3. The fourth-order valence-corrected chi connectivity index (χ4v) is 2.04. The van der Waals surface area contributed by atoms with Gasteiger partial charge in [0.05, 0.1) is 0 Å². The van der Waals surface area contributed by atoms with Gasteiger partial charge in [0.1, 0.15) is 11.8 Å². The van der Waals surface area contributed by atoms with Crippen LogP contribution in [0, 0.1) is 6.92 Å². The van der Waals surface area contributed by atoms with Gasteiger partial charge in [-0.05, 0) is 19.1 Å². The van der Waals surface area contributed by atoms with E-state index in [2.05, 4.69) is 10.6 Å². The minimum atomic E-state index is -0.485. The third-order valence-corrected chi connectivity index (χ3v) is 3.00. The minimum absolute atomic E-state index is 0.168. The molecule has 2 N–H and O–H groups in total. The smallest absolute Gasteiger partial charge is 0.290 e. The molecule has 0 bridgehead atoms. The normalized spacial score (nSPS) is 19.7. The van der Waals surface area contributed by atoms with Crippen molar-refractivity contribution in [2.45, 2.75) is 13.0 Å². The van der Waals surface area contributed by atoms with Crippen LogP contribution in [0.5, 0.6) is 0 Å². The standard InChI is InChI=1S/C12H17N3O3/c1-8-3-4-10(18-8)12(17)15-6-5-14-7-9(15)11(16)13-2/h3-4,9,14H,5-7H2,1-2H3,(H,13,16). The lowest BCUT2D eigenvalue weighted by molar-refractivity contribution is -0.125. The average molecular weight is 251 g/mol. The second-order valence-electron chi connectivity index (χ2n) is 4.24. The van der Waals surface area contributed by atoms with Gasteiger partial charge in [0, 0.05) is 26.7 Å². The molecule has 1 saturated heterocycles. The number of likely N-dealkylation sites (N-methyl/N-ethyl adjacent to an activating group) is 1. The molecule has 6 heteroatoms. The van der Waals surface area contributed by atoms with E-state index in [1.54, 1.807) is 31.0 Å². The van der Waals surface area contributed by atoms with Crippen molar-refractivity contribution in [1.29, 1.82) is 0 Å². The predicted molar refractivity (Wildman–Crippen MR) is 65.2 cm³/mol. The van der Waals surface area contributed by atoms with Crippen LogP contribution in [0.2, 0.25) is 0 Å². The summed E-state index contributed by atoms with van der Waals surface area (Å²) in [6.45, 7) is 3.42. The van der Waals surface area contributed by atoms with E-state index in [0.717, 1.165) is 0 Å². The largest absolute Gasteiger partial charge is 0.456 e. The van der Waals surface area contributed by atoms with Gasteiger partial charge < -0.3 is 20.0 Å². The summed E-state index contributed by atoms with van der Waals surface area (Å²) in [5.41, 5.74) is 0. The molecule has 1 aromatic rings. The Labute approximate surface area is 105 Å². The van der Waals surface area contributed by atoms with Crippen LogP contribution in [0.25, 0.3) is 0 Å². The van der Waals surface area contributed by atoms with Crippen LogP contribution in [0.4, 0.5) is 0 Å². The molecule has 0 aromatic carbocycles. The van der Waals surface area contributed by atoms with Crippen LogP contribution < -0.4 is 10.6 Å². The molecule has 2 heterocycles. The number of nitrogens with one attached hydrogen (secondary N) is 2. The molecule has 0 saturated carbocycles. The number of carbonyl (C=O) groups excluding carboxylic acids is 2. The van der Waals surface area contributed by atoms with E-state index in [0.29, 0.717) is 25.4 Å². The molecule has 0 spiro atoms. The molecule has 0 aliphatic carbocycles. The highest BCUT2D eigenvalue weighted by molar-refractivity contribution is 5.95. The zero-order chi connectivity index (χ0) is 13.1. The summed E-state index contributed by atoms with van der Waals surface area (Å²) < 4.78 is 5.32. The highest BCUT2D eigenvalue weighted by atomic mass is 16.3. The number of piperazine rings is 1. The average Bonchev–Trinajstić information content (AvgIpc) is 2.83. The monoisotopic (exact) mass is 251 g/mol. The number of amides is 2. The van der Waals surface area contributed by atoms with Gasteiger partial charge in [-0.25, -0.2) is 0 Å². The third-order valence-electron chi connectivity index (χ3n) is 3.00. The molecule has 98 valence electrons. The first-order chi connectivity index (χ1) is 8.63. The van der Waals surface area contributed by atoms with E-state index >= 15 is 0 Å². The van der Waals surface area contributed by atoms with Crippen LogP contribution >= 0.6 is 0 Å². The van der Waals surface area contributed by atoms with E-state index < -0.39 is 6.04 Å². The Bertz CT molecular complexity index is 455. The van der Waals surface area contributed by atoms with Crippen molar-refractivity contribution in [3.8, 4) is 0 Å². The topological polar surface area (TPSA) is 74.6 Å². The zero-order valence-corrected chi connectivity index (χ0v) is 10.5. The number of furan rings is 1. The Kier molecular flexibility index (Phi) is 3.66. The van der Waals surface area contributed by atoms with E-state index in [1.165, 1.54) is 0 Å². The van der Waals surface area contributed by atoms with Crippen molar-refractivity contribution in [3.05, 3.63) is 23.7 Å². The van der Waals surface area contributed by atoms with Crippen molar-refractivity contribution >= 4 is 11.8 Å². The quantitative estimate of drug-likeness (QED) is 0.760. The molecular formula is C12H17N3O3. The molecule has 2 rings (SSSR count). The number of aryl methyl sites for hydroxylation is 1. The summed E-state index contributed by atoms with van der Waals surface area (Å²) in [6, 6.07) is 2.90. The molecule has 1 aliphatic rings. The molecule has 0 radical (unpaired) electrons. The van der Waals surface area contributed by atoms with Gasteiger partial charge in [0.15, 0.2) is 5.76 Å². The lowest BCUT2D eigenvalue weighted by atomic mass is 10.1. The summed E-state index contributed by atoms with van der Waals surface area (Å²) in [5, 5.41) is 5.68. The molecule has 18 heavy (non-hydrogen) atoms. The Morgan fingerprint density at radius 3 is 2.89 bits per heavy atom. The number of hydrogen-bond acceptors (Lipinski definition) is 4. The van der Waals surface area contributed by atoms with Crippen molar-refractivity contribution in [3.63, 3.8) is 0 Å². The van der Waals surface area contributed by atoms with Crippen LogP contribution in [0.3, 0.4) is 0 Å². The first kappa shape index (κ1) is 12.6. The van der Waals surface area contributed by atoms with E-state index in [4.69, 9.17) is 4.42 Å². The SMILES string of the molecule is CNC(=O)C1CNCCN1C(=O)c1ccc(C)o1. The van der Waals surface area contributed by atoms with Gasteiger partial charge in [-0.2, -0.15) is 0 Å². The van der Waals surface area contributed by atoms with Gasteiger partial charge >= 0.3 is 0 Å². The molecule has 1 aliphatic heterocycles. The van der Waals surface area contributed by atoms with Crippen LogP contribution in [0.1, 0.15) is 16.3 Å². The van der Waals surface area contributed by atoms with Crippen molar-refractivity contribution in [2.24, 2.45) is 0 Å². The van der Waals surface area contributed by atoms with Crippen molar-refractivity contribution in [2.75, 3.05) is 26.7 Å². The summed E-state index contributed by atoms with van der Waals surface area (Å²) in [6.07, 6.45) is 0. The van der Waals surface area contributed by atoms with Gasteiger partial charge in [-0.15, -0.1) is 0 Å². The number of nitrogens with zero attached hydrogens (tertiary/aromatic N) is 1. The molecule has 1 aromatic heterocycles. The maximum absolute atomic E-state index is 12.3. The highest BCUT2D eigenvalue weighted by Crippen LogP contribution is 2.13. The molecular weight excluding hydrogens is 234 g/mol. The number of hydrogen-bond donors (Lipinski definition) is 2. The van der Waals surface area contributed by atoms with Crippen molar-refractivity contribution in [1.82, 2.24) is 15.5 Å². The number of carbonyl (C=O) groups is 2. The van der Waals surface area contributed by atoms with Gasteiger partial charge in [0.25, 0.3) is 5.91 Å². The third kappa shape index (κ3) is 2.38. The first-order valence-electron chi connectivity index (χ1n) is 5.93. The minimum Gasteiger partial charge on any atom is -0.456 e. The first-order valence-corrected chi connectivity index (χ1v) is 5.93. The molecule has 6 nitrogen and oxygen atoms in total. The highest BCUT2D eigenvalue weighted by Gasteiger charge is 2.33. The maximum Gasteiger partial charge on any atom is 0.290 e. The predicted octanol–water partition coefficient (Wildman–Crippen LogP) is -0.252. The van der Waals surface area contributed by atoms with E-state index in [-0.39, 0.29) is 17.6 Å². The fraction of sp³-hybridized carbons (Fsp3) is 0.500. The Hall–Kier alpha value is -1.82. The van der Waals surface area contributed by atoms with Crippen LogP contribution in [-0.4, -0.2) is 49.4 Å². The summed E-state index contributed by atoms with van der Waals surface area (Å²) >= 11 is 0. The number of rotatable bonds is 2. The Morgan fingerprint density at radius 2 is 2.28 bits per heavy atom. The molecule has 1 unspecified atom stereocenters. The lowest BCUT2D eigenvalue weighted by Crippen LogP contribution is -2.59. The van der Waals surface area contributed by atoms with Crippen LogP contribution in [0.15, 0.2) is 16.5 Å². The zero-order valence-electron chi connectivity index (χ0n) is 10.5. The second-order valence-corrected chi connectivity index (χ2v) is 4.24. The van der Waals surface area contributed by atoms with Gasteiger partial charge in [0.2, 0.25) is 5.91 Å². The van der Waals surface area contributed by atoms with Gasteiger partial charge in [-0.3, -0.25) is 9.59 Å². The van der Waals surface area contributed by atoms with E-state index in [9.17, 15) is 9.59 Å². The molecule has 1 fully saturated rings. The Balaban J connectivity index is 2.18. The Morgan fingerprint density at radius 1 is 1.50 bits per heavy atom. The van der Waals surface area contributed by atoms with Crippen molar-refractivity contribution < 1.29 is 14.0 Å². The fourth-order valence-electron chi connectivity index (χ4n) is 2.04.